The standard InChI is InChI=1S/C29H35N5O3/c1-33-11-13-34(14-12-33)15-18-37-28-8-7-26-20-25(28)22-36-17-3-2-16-35-21-23-5-4-6-24(19-23)27-9-10-30-29(31-26)32-27/h2-10,19-20H,11-18,21-22H2,1H3,(H,30,31,32)/b3-2+. The van der Waals surface area contributed by atoms with Gasteiger partial charge >= 0.3 is 0 Å². The first-order valence-electron chi connectivity index (χ1n) is 12.9. The number of fused-ring (bicyclic) bond motifs is 7. The van der Waals surface area contributed by atoms with Gasteiger partial charge < -0.3 is 24.4 Å². The number of rotatable bonds is 4. The van der Waals surface area contributed by atoms with Gasteiger partial charge in [0.25, 0.3) is 0 Å². The fraction of sp³-hybridized carbons (Fsp3) is 0.379. The lowest BCUT2D eigenvalue weighted by Crippen LogP contribution is -2.45. The van der Waals surface area contributed by atoms with Gasteiger partial charge in [0.1, 0.15) is 12.4 Å². The number of ether oxygens (including phenoxy) is 3. The number of nitrogens with zero attached hydrogens (tertiary/aromatic N) is 4. The number of anilines is 2. The van der Waals surface area contributed by atoms with Crippen molar-refractivity contribution in [2.24, 2.45) is 0 Å². The van der Waals surface area contributed by atoms with Crippen LogP contribution in [0.4, 0.5) is 11.6 Å². The van der Waals surface area contributed by atoms with Crippen LogP contribution in [0.3, 0.4) is 0 Å². The molecule has 1 saturated heterocycles. The summed E-state index contributed by atoms with van der Waals surface area (Å²) in [5, 5.41) is 3.35. The normalized spacial score (nSPS) is 18.3. The zero-order chi connectivity index (χ0) is 25.3. The number of nitrogens with one attached hydrogen (secondary N) is 1. The SMILES string of the molecule is CN1CCN(CCOc2ccc3cc2COC/C=C/COCc2cccc(c2)-c2ccnc(n2)N3)CC1. The summed E-state index contributed by atoms with van der Waals surface area (Å²) in [4.78, 5) is 14.0. The Morgan fingerprint density at radius 3 is 2.65 bits per heavy atom. The number of hydrogen-bond acceptors (Lipinski definition) is 8. The van der Waals surface area contributed by atoms with Gasteiger partial charge in [-0.25, -0.2) is 9.97 Å². The Bertz CT molecular complexity index is 1190. The van der Waals surface area contributed by atoms with E-state index in [-0.39, 0.29) is 0 Å². The van der Waals surface area contributed by atoms with Gasteiger partial charge in [0.2, 0.25) is 5.95 Å². The Labute approximate surface area is 218 Å². The number of piperazine rings is 1. The molecule has 0 spiro atoms. The van der Waals surface area contributed by atoms with Crippen molar-refractivity contribution in [3.8, 4) is 17.0 Å². The fourth-order valence-corrected chi connectivity index (χ4v) is 4.41. The molecule has 194 valence electrons. The Morgan fingerprint density at radius 2 is 1.78 bits per heavy atom. The summed E-state index contributed by atoms with van der Waals surface area (Å²) in [5.41, 5.74) is 4.86. The van der Waals surface area contributed by atoms with Crippen molar-refractivity contribution < 1.29 is 14.2 Å². The van der Waals surface area contributed by atoms with Crippen LogP contribution in [0.15, 0.2) is 66.9 Å². The predicted octanol–water partition coefficient (Wildman–Crippen LogP) is 4.12. The Kier molecular flexibility index (Phi) is 8.76. The van der Waals surface area contributed by atoms with Crippen molar-refractivity contribution in [1.82, 2.24) is 19.8 Å². The molecular weight excluding hydrogens is 466 g/mol. The molecule has 8 heteroatoms. The lowest BCUT2D eigenvalue weighted by Gasteiger charge is -2.32. The van der Waals surface area contributed by atoms with Gasteiger partial charge in [-0.1, -0.05) is 30.4 Å². The molecule has 0 aliphatic carbocycles. The monoisotopic (exact) mass is 501 g/mol. The smallest absolute Gasteiger partial charge is 0.227 e. The summed E-state index contributed by atoms with van der Waals surface area (Å²) >= 11 is 0. The lowest BCUT2D eigenvalue weighted by molar-refractivity contribution is 0.128. The molecule has 2 aliphatic rings. The van der Waals surface area contributed by atoms with Gasteiger partial charge in [0.15, 0.2) is 0 Å². The maximum Gasteiger partial charge on any atom is 0.227 e. The molecule has 3 aromatic rings. The largest absolute Gasteiger partial charge is 0.492 e. The molecule has 8 nitrogen and oxygen atoms in total. The van der Waals surface area contributed by atoms with E-state index in [1.165, 1.54) is 0 Å². The van der Waals surface area contributed by atoms with E-state index < -0.39 is 0 Å². The minimum Gasteiger partial charge on any atom is -0.492 e. The molecule has 2 aliphatic heterocycles. The van der Waals surface area contributed by atoms with E-state index in [0.717, 1.165) is 66.5 Å². The number of hydrogen-bond donors (Lipinski definition) is 1. The highest BCUT2D eigenvalue weighted by Gasteiger charge is 2.14. The van der Waals surface area contributed by atoms with Crippen LogP contribution in [0.2, 0.25) is 0 Å². The van der Waals surface area contributed by atoms with Crippen LogP contribution in [-0.2, 0) is 22.7 Å². The topological polar surface area (TPSA) is 72.0 Å². The lowest BCUT2D eigenvalue weighted by atomic mass is 10.1. The summed E-state index contributed by atoms with van der Waals surface area (Å²) in [6, 6.07) is 16.2. The van der Waals surface area contributed by atoms with E-state index in [2.05, 4.69) is 51.4 Å². The molecule has 0 atom stereocenters. The zero-order valence-electron chi connectivity index (χ0n) is 21.4. The van der Waals surface area contributed by atoms with Crippen LogP contribution in [0.1, 0.15) is 11.1 Å². The van der Waals surface area contributed by atoms with Crippen LogP contribution < -0.4 is 10.1 Å². The van der Waals surface area contributed by atoms with Crippen molar-refractivity contribution in [3.63, 3.8) is 0 Å². The average Bonchev–Trinajstić information content (AvgIpc) is 2.92. The van der Waals surface area contributed by atoms with Crippen molar-refractivity contribution in [3.05, 3.63) is 78.0 Å². The molecule has 1 N–H and O–H groups in total. The van der Waals surface area contributed by atoms with Crippen LogP contribution in [0.25, 0.3) is 11.3 Å². The molecular formula is C29H35N5O3. The van der Waals surface area contributed by atoms with E-state index in [1.54, 1.807) is 6.20 Å². The third kappa shape index (κ3) is 7.36. The molecule has 0 radical (unpaired) electrons. The van der Waals surface area contributed by atoms with Crippen molar-refractivity contribution in [2.75, 3.05) is 64.9 Å². The van der Waals surface area contributed by atoms with E-state index in [0.29, 0.717) is 39.0 Å². The van der Waals surface area contributed by atoms with Crippen LogP contribution >= 0.6 is 0 Å². The highest BCUT2D eigenvalue weighted by molar-refractivity contribution is 5.63. The maximum absolute atomic E-state index is 6.22. The molecule has 1 fully saturated rings. The molecule has 1 aromatic heterocycles. The summed E-state index contributed by atoms with van der Waals surface area (Å²) < 4.78 is 18.0. The minimum atomic E-state index is 0.440. The second kappa shape index (κ2) is 12.8. The second-order valence-corrected chi connectivity index (χ2v) is 9.41. The molecule has 37 heavy (non-hydrogen) atoms. The fourth-order valence-electron chi connectivity index (χ4n) is 4.41. The van der Waals surface area contributed by atoms with Gasteiger partial charge in [-0.15, -0.1) is 0 Å². The van der Waals surface area contributed by atoms with E-state index in [4.69, 9.17) is 19.2 Å². The molecule has 6 bridgehead atoms. The van der Waals surface area contributed by atoms with Crippen LogP contribution in [0, 0.1) is 0 Å². The van der Waals surface area contributed by atoms with Crippen molar-refractivity contribution >= 4 is 11.6 Å². The predicted molar refractivity (Wildman–Crippen MR) is 145 cm³/mol. The van der Waals surface area contributed by atoms with Crippen LogP contribution in [-0.4, -0.2) is 79.4 Å². The molecule has 0 saturated carbocycles. The van der Waals surface area contributed by atoms with Crippen LogP contribution in [0.5, 0.6) is 5.75 Å². The molecule has 2 aromatic carbocycles. The Morgan fingerprint density at radius 1 is 0.946 bits per heavy atom. The summed E-state index contributed by atoms with van der Waals surface area (Å²) in [6.07, 6.45) is 5.76. The molecule has 0 unspecified atom stereocenters. The summed E-state index contributed by atoms with van der Waals surface area (Å²) in [5.74, 6) is 1.38. The van der Waals surface area contributed by atoms with E-state index >= 15 is 0 Å². The zero-order valence-corrected chi connectivity index (χ0v) is 21.4. The summed E-state index contributed by atoms with van der Waals surface area (Å²) in [6.45, 7) is 7.94. The third-order valence-electron chi connectivity index (χ3n) is 6.58. The number of likely N-dealkylation sites (N-methyl/N-ethyl adjacent to an activating group) is 1. The minimum absolute atomic E-state index is 0.440. The quantitative estimate of drug-likeness (QED) is 0.536. The van der Waals surface area contributed by atoms with Crippen molar-refractivity contribution in [1.29, 1.82) is 0 Å². The Hall–Kier alpha value is -3.30. The highest BCUT2D eigenvalue weighted by atomic mass is 16.5. The molecule has 3 heterocycles. The molecule has 0 amide bonds. The first-order valence-corrected chi connectivity index (χ1v) is 12.9. The average molecular weight is 502 g/mol. The highest BCUT2D eigenvalue weighted by Crippen LogP contribution is 2.26. The summed E-state index contributed by atoms with van der Waals surface area (Å²) in [7, 11) is 2.17. The van der Waals surface area contributed by atoms with E-state index in [1.807, 2.05) is 36.4 Å². The Balaban J connectivity index is 1.33. The number of benzene rings is 2. The maximum atomic E-state index is 6.22. The van der Waals surface area contributed by atoms with Gasteiger partial charge in [0, 0.05) is 55.7 Å². The van der Waals surface area contributed by atoms with Gasteiger partial charge in [0.05, 0.1) is 32.1 Å². The van der Waals surface area contributed by atoms with Crippen molar-refractivity contribution in [2.45, 2.75) is 13.2 Å². The van der Waals surface area contributed by atoms with Gasteiger partial charge in [-0.2, -0.15) is 0 Å². The first kappa shape index (κ1) is 25.4. The second-order valence-electron chi connectivity index (χ2n) is 9.41. The van der Waals surface area contributed by atoms with Gasteiger partial charge in [-0.05, 0) is 42.9 Å². The van der Waals surface area contributed by atoms with Gasteiger partial charge in [-0.3, -0.25) is 4.90 Å². The van der Waals surface area contributed by atoms with E-state index in [9.17, 15) is 0 Å². The first-order chi connectivity index (χ1) is 18.2. The third-order valence-corrected chi connectivity index (χ3v) is 6.58. The number of aromatic nitrogens is 2. The molecule has 5 rings (SSSR count).